The van der Waals surface area contributed by atoms with E-state index in [-0.39, 0.29) is 16.5 Å². The molecule has 0 aliphatic carbocycles. The average molecular weight is 300 g/mol. The molecule has 0 spiro atoms. The van der Waals surface area contributed by atoms with Gasteiger partial charge in [-0.2, -0.15) is 0 Å². The SMILES string of the molecule is CC1CCCCN1C(=O)c1cc(S(N)(=O)=O)ccc1F. The van der Waals surface area contributed by atoms with Gasteiger partial charge < -0.3 is 4.90 Å². The molecule has 1 fully saturated rings. The number of carbonyl (C=O) groups excluding carboxylic acids is 1. The third kappa shape index (κ3) is 2.99. The predicted octanol–water partition coefficient (Wildman–Crippen LogP) is 1.49. The van der Waals surface area contributed by atoms with Gasteiger partial charge in [-0.15, -0.1) is 0 Å². The van der Waals surface area contributed by atoms with E-state index in [1.54, 1.807) is 4.90 Å². The normalized spacial score (nSPS) is 19.9. The van der Waals surface area contributed by atoms with Crippen LogP contribution in [-0.2, 0) is 10.0 Å². The molecular formula is C13H17FN2O3S. The van der Waals surface area contributed by atoms with Crippen LogP contribution in [0.1, 0.15) is 36.5 Å². The van der Waals surface area contributed by atoms with Gasteiger partial charge in [-0.25, -0.2) is 17.9 Å². The fourth-order valence-corrected chi connectivity index (χ4v) is 2.94. The molecule has 0 aromatic heterocycles. The van der Waals surface area contributed by atoms with Gasteiger partial charge in [-0.3, -0.25) is 4.79 Å². The molecule has 1 aliphatic heterocycles. The lowest BCUT2D eigenvalue weighted by molar-refractivity contribution is 0.0630. The number of likely N-dealkylation sites (tertiary alicyclic amines) is 1. The van der Waals surface area contributed by atoms with Crippen LogP contribution in [0.4, 0.5) is 4.39 Å². The van der Waals surface area contributed by atoms with Crippen molar-refractivity contribution in [3.8, 4) is 0 Å². The van der Waals surface area contributed by atoms with Crippen LogP contribution in [0.3, 0.4) is 0 Å². The number of carbonyl (C=O) groups is 1. The van der Waals surface area contributed by atoms with E-state index in [0.29, 0.717) is 6.54 Å². The number of amides is 1. The van der Waals surface area contributed by atoms with Gasteiger partial charge in [0.15, 0.2) is 0 Å². The second-order valence-corrected chi connectivity index (χ2v) is 6.59. The Morgan fingerprint density at radius 3 is 2.70 bits per heavy atom. The number of primary sulfonamides is 1. The van der Waals surface area contributed by atoms with Gasteiger partial charge in [0.25, 0.3) is 5.91 Å². The number of piperidine rings is 1. The lowest BCUT2D eigenvalue weighted by Crippen LogP contribution is -2.42. The van der Waals surface area contributed by atoms with Crippen molar-refractivity contribution in [3.63, 3.8) is 0 Å². The minimum atomic E-state index is -3.96. The Kier molecular flexibility index (Phi) is 4.10. The first kappa shape index (κ1) is 14.9. The lowest BCUT2D eigenvalue weighted by Gasteiger charge is -2.33. The number of halogens is 1. The molecule has 5 nitrogen and oxygen atoms in total. The average Bonchev–Trinajstić information content (AvgIpc) is 2.37. The minimum Gasteiger partial charge on any atom is -0.336 e. The van der Waals surface area contributed by atoms with Crippen molar-refractivity contribution in [2.45, 2.75) is 37.1 Å². The summed E-state index contributed by atoms with van der Waals surface area (Å²) >= 11 is 0. The van der Waals surface area contributed by atoms with E-state index in [4.69, 9.17) is 5.14 Å². The monoisotopic (exact) mass is 300 g/mol. The Morgan fingerprint density at radius 1 is 1.40 bits per heavy atom. The zero-order valence-corrected chi connectivity index (χ0v) is 12.0. The molecule has 0 bridgehead atoms. The predicted molar refractivity (Wildman–Crippen MR) is 72.1 cm³/mol. The summed E-state index contributed by atoms with van der Waals surface area (Å²) in [5.74, 6) is -1.22. The second kappa shape index (κ2) is 5.49. The molecule has 1 heterocycles. The number of hydrogen-bond donors (Lipinski definition) is 1. The maximum atomic E-state index is 13.8. The van der Waals surface area contributed by atoms with E-state index >= 15 is 0 Å². The van der Waals surface area contributed by atoms with Crippen LogP contribution >= 0.6 is 0 Å². The fourth-order valence-electron chi connectivity index (χ4n) is 2.40. The molecule has 1 saturated heterocycles. The van der Waals surface area contributed by atoms with E-state index in [9.17, 15) is 17.6 Å². The van der Waals surface area contributed by atoms with Gasteiger partial charge in [0.05, 0.1) is 10.5 Å². The van der Waals surface area contributed by atoms with Crippen molar-refractivity contribution in [2.75, 3.05) is 6.54 Å². The zero-order chi connectivity index (χ0) is 14.9. The van der Waals surface area contributed by atoms with E-state index in [1.165, 1.54) is 0 Å². The highest BCUT2D eigenvalue weighted by Gasteiger charge is 2.27. The summed E-state index contributed by atoms with van der Waals surface area (Å²) in [6.07, 6.45) is 2.76. The highest BCUT2D eigenvalue weighted by molar-refractivity contribution is 7.89. The van der Waals surface area contributed by atoms with E-state index in [2.05, 4.69) is 0 Å². The number of hydrogen-bond acceptors (Lipinski definition) is 3. The van der Waals surface area contributed by atoms with Gasteiger partial charge in [0.1, 0.15) is 5.82 Å². The highest BCUT2D eigenvalue weighted by Crippen LogP contribution is 2.22. The van der Waals surface area contributed by atoms with Crippen LogP contribution in [-0.4, -0.2) is 31.8 Å². The third-order valence-electron chi connectivity index (χ3n) is 3.56. The maximum absolute atomic E-state index is 13.8. The number of nitrogens with two attached hydrogens (primary N) is 1. The number of nitrogens with zero attached hydrogens (tertiary/aromatic N) is 1. The van der Waals surface area contributed by atoms with Gasteiger partial charge in [-0.05, 0) is 44.4 Å². The van der Waals surface area contributed by atoms with Gasteiger partial charge in [0, 0.05) is 12.6 Å². The molecule has 2 rings (SSSR count). The number of sulfonamides is 1. The molecule has 1 atom stereocenters. The maximum Gasteiger partial charge on any atom is 0.257 e. The lowest BCUT2D eigenvalue weighted by atomic mass is 10.0. The molecule has 1 aromatic rings. The summed E-state index contributed by atoms with van der Waals surface area (Å²) in [6.45, 7) is 2.46. The molecule has 7 heteroatoms. The Hall–Kier alpha value is -1.47. The standard InChI is InChI=1S/C13H17FN2O3S/c1-9-4-2-3-7-16(9)13(17)11-8-10(20(15,18)19)5-6-12(11)14/h5-6,8-9H,2-4,7H2,1H3,(H2,15,18,19). The number of benzene rings is 1. The van der Waals surface area contributed by atoms with Crippen LogP contribution in [0, 0.1) is 5.82 Å². The molecule has 1 aromatic carbocycles. The van der Waals surface area contributed by atoms with Crippen molar-refractivity contribution in [1.29, 1.82) is 0 Å². The molecular weight excluding hydrogens is 283 g/mol. The van der Waals surface area contributed by atoms with E-state index in [1.807, 2.05) is 6.92 Å². The van der Waals surface area contributed by atoms with Gasteiger partial charge in [-0.1, -0.05) is 0 Å². The third-order valence-corrected chi connectivity index (χ3v) is 4.47. The van der Waals surface area contributed by atoms with E-state index < -0.39 is 21.7 Å². The highest BCUT2D eigenvalue weighted by atomic mass is 32.2. The van der Waals surface area contributed by atoms with E-state index in [0.717, 1.165) is 37.5 Å². The van der Waals surface area contributed by atoms with Crippen molar-refractivity contribution >= 4 is 15.9 Å². The second-order valence-electron chi connectivity index (χ2n) is 5.03. The smallest absolute Gasteiger partial charge is 0.257 e. The molecule has 110 valence electrons. The molecule has 0 saturated carbocycles. The van der Waals surface area contributed by atoms with Crippen molar-refractivity contribution in [2.24, 2.45) is 5.14 Å². The summed E-state index contributed by atoms with van der Waals surface area (Å²) in [6, 6.07) is 3.05. The first-order chi connectivity index (χ1) is 9.30. The van der Waals surface area contributed by atoms with Gasteiger partial charge >= 0.3 is 0 Å². The molecule has 1 aliphatic rings. The molecule has 2 N–H and O–H groups in total. The molecule has 1 amide bonds. The van der Waals surface area contributed by atoms with Crippen molar-refractivity contribution in [3.05, 3.63) is 29.6 Å². The largest absolute Gasteiger partial charge is 0.336 e. The zero-order valence-electron chi connectivity index (χ0n) is 11.2. The molecule has 0 radical (unpaired) electrons. The summed E-state index contributed by atoms with van der Waals surface area (Å²) < 4.78 is 36.4. The number of rotatable bonds is 2. The fraction of sp³-hybridized carbons (Fsp3) is 0.462. The van der Waals surface area contributed by atoms with Gasteiger partial charge in [0.2, 0.25) is 10.0 Å². The topological polar surface area (TPSA) is 80.5 Å². The Balaban J connectivity index is 2.38. The van der Waals surface area contributed by atoms with Crippen LogP contribution in [0.25, 0.3) is 0 Å². The van der Waals surface area contributed by atoms with Crippen LogP contribution in [0.15, 0.2) is 23.1 Å². The Labute approximate surface area is 117 Å². The van der Waals surface area contributed by atoms with Crippen molar-refractivity contribution in [1.82, 2.24) is 4.90 Å². The first-order valence-corrected chi connectivity index (χ1v) is 7.98. The minimum absolute atomic E-state index is 0.0220. The Bertz CT molecular complexity index is 631. The summed E-state index contributed by atoms with van der Waals surface area (Å²) in [7, 11) is -3.96. The Morgan fingerprint density at radius 2 is 2.10 bits per heavy atom. The first-order valence-electron chi connectivity index (χ1n) is 6.44. The van der Waals surface area contributed by atoms with Crippen molar-refractivity contribution < 1.29 is 17.6 Å². The molecule has 20 heavy (non-hydrogen) atoms. The summed E-state index contributed by atoms with van der Waals surface area (Å²) in [4.78, 5) is 13.7. The molecule has 1 unspecified atom stereocenters. The van der Waals surface area contributed by atoms with Crippen LogP contribution in [0.5, 0.6) is 0 Å². The van der Waals surface area contributed by atoms with Crippen LogP contribution < -0.4 is 5.14 Å². The van der Waals surface area contributed by atoms with Crippen LogP contribution in [0.2, 0.25) is 0 Å². The summed E-state index contributed by atoms with van der Waals surface area (Å²) in [5.41, 5.74) is -0.245. The quantitative estimate of drug-likeness (QED) is 0.898. The summed E-state index contributed by atoms with van der Waals surface area (Å²) in [5, 5.41) is 5.01.